The van der Waals surface area contributed by atoms with Crippen LogP contribution in [-0.2, 0) is 13.0 Å². The van der Waals surface area contributed by atoms with Crippen molar-refractivity contribution < 1.29 is 4.42 Å². The maximum absolute atomic E-state index is 6.37. The van der Waals surface area contributed by atoms with Crippen LogP contribution in [0, 0.1) is 0 Å². The summed E-state index contributed by atoms with van der Waals surface area (Å²) in [6.07, 6.45) is 7.45. The van der Waals surface area contributed by atoms with Gasteiger partial charge < -0.3 is 9.73 Å². The molecule has 1 unspecified atom stereocenters. The van der Waals surface area contributed by atoms with Crippen LogP contribution in [0.15, 0.2) is 29.0 Å². The number of halogens is 1. The Hall–Kier alpha value is -1.26. The van der Waals surface area contributed by atoms with E-state index in [0.29, 0.717) is 0 Å². The third kappa shape index (κ3) is 4.35. The first kappa shape index (κ1) is 16.1. The highest BCUT2D eigenvalue weighted by atomic mass is 35.5. The van der Waals surface area contributed by atoms with Gasteiger partial charge in [0, 0.05) is 13.0 Å². The average Bonchev–Trinajstić information content (AvgIpc) is 3.11. The summed E-state index contributed by atoms with van der Waals surface area (Å²) in [6.45, 7) is 6.18. The summed E-state index contributed by atoms with van der Waals surface area (Å²) in [5.41, 5.74) is 1.10. The lowest BCUT2D eigenvalue weighted by Crippen LogP contribution is -2.25. The van der Waals surface area contributed by atoms with Crippen LogP contribution < -0.4 is 5.32 Å². The minimum absolute atomic E-state index is 0.205. The van der Waals surface area contributed by atoms with Gasteiger partial charge in [0.15, 0.2) is 0 Å². The van der Waals surface area contributed by atoms with Gasteiger partial charge in [-0.05, 0) is 37.9 Å². The third-order valence-electron chi connectivity index (χ3n) is 3.50. The number of nitrogens with one attached hydrogen (secondary N) is 1. The van der Waals surface area contributed by atoms with Crippen molar-refractivity contribution in [2.45, 2.75) is 52.1 Å². The molecule has 1 N–H and O–H groups in total. The van der Waals surface area contributed by atoms with Gasteiger partial charge in [0.25, 0.3) is 0 Å². The third-order valence-corrected chi connectivity index (χ3v) is 3.79. The Morgan fingerprint density at radius 1 is 1.38 bits per heavy atom. The molecule has 0 aliphatic rings. The van der Waals surface area contributed by atoms with Gasteiger partial charge in [0.2, 0.25) is 0 Å². The van der Waals surface area contributed by atoms with Crippen molar-refractivity contribution in [3.05, 3.63) is 41.1 Å². The fourth-order valence-corrected chi connectivity index (χ4v) is 2.78. The van der Waals surface area contributed by atoms with E-state index in [-0.39, 0.29) is 6.04 Å². The molecule has 0 amide bonds. The minimum Gasteiger partial charge on any atom is -0.469 e. The van der Waals surface area contributed by atoms with E-state index in [1.54, 1.807) is 12.5 Å². The molecule has 0 saturated heterocycles. The van der Waals surface area contributed by atoms with Crippen molar-refractivity contribution in [3.63, 3.8) is 0 Å². The highest BCUT2D eigenvalue weighted by Crippen LogP contribution is 2.27. The Labute approximate surface area is 131 Å². The predicted octanol–water partition coefficient (Wildman–Crippen LogP) is 4.21. The summed E-state index contributed by atoms with van der Waals surface area (Å²) in [5, 5.41) is 8.73. The smallest absolute Gasteiger partial charge is 0.103 e. The SMILES string of the molecule is CCCNC(CCc1ccco1)c1c(Cl)cnn1CCC. The van der Waals surface area contributed by atoms with Gasteiger partial charge in [0.1, 0.15) is 5.76 Å². The zero-order valence-electron chi connectivity index (χ0n) is 12.8. The molecule has 0 aliphatic heterocycles. The second-order valence-corrected chi connectivity index (χ2v) is 5.63. The van der Waals surface area contributed by atoms with Crippen molar-refractivity contribution >= 4 is 11.6 Å². The van der Waals surface area contributed by atoms with Crippen molar-refractivity contribution in [3.8, 4) is 0 Å². The summed E-state index contributed by atoms with van der Waals surface area (Å²) < 4.78 is 7.46. The van der Waals surface area contributed by atoms with Crippen LogP contribution in [0.3, 0.4) is 0 Å². The molecule has 0 aromatic carbocycles. The van der Waals surface area contributed by atoms with Crippen LogP contribution in [0.5, 0.6) is 0 Å². The van der Waals surface area contributed by atoms with E-state index in [4.69, 9.17) is 16.0 Å². The van der Waals surface area contributed by atoms with Gasteiger partial charge in [-0.1, -0.05) is 25.4 Å². The monoisotopic (exact) mass is 309 g/mol. The molecule has 0 fully saturated rings. The topological polar surface area (TPSA) is 43.0 Å². The molecule has 1 atom stereocenters. The number of nitrogens with zero attached hydrogens (tertiary/aromatic N) is 2. The summed E-state index contributed by atoms with van der Waals surface area (Å²) in [4.78, 5) is 0. The standard InChI is InChI=1S/C16H24ClN3O/c1-3-9-18-15(8-7-13-6-5-11-21-13)16-14(17)12-19-20(16)10-4-2/h5-6,11-12,15,18H,3-4,7-10H2,1-2H3. The Morgan fingerprint density at radius 2 is 2.24 bits per heavy atom. The van der Waals surface area contributed by atoms with Gasteiger partial charge in [-0.25, -0.2) is 0 Å². The van der Waals surface area contributed by atoms with Gasteiger partial charge in [-0.2, -0.15) is 5.10 Å². The highest BCUT2D eigenvalue weighted by Gasteiger charge is 2.20. The van der Waals surface area contributed by atoms with Crippen LogP contribution in [0.2, 0.25) is 5.02 Å². The van der Waals surface area contributed by atoms with E-state index < -0.39 is 0 Å². The summed E-state index contributed by atoms with van der Waals surface area (Å²) in [7, 11) is 0. The minimum atomic E-state index is 0.205. The highest BCUT2D eigenvalue weighted by molar-refractivity contribution is 6.31. The van der Waals surface area contributed by atoms with Crippen molar-refractivity contribution in [1.29, 1.82) is 0 Å². The van der Waals surface area contributed by atoms with Crippen LogP contribution in [0.1, 0.15) is 50.6 Å². The van der Waals surface area contributed by atoms with Gasteiger partial charge in [-0.15, -0.1) is 0 Å². The Balaban J connectivity index is 2.12. The zero-order chi connectivity index (χ0) is 15.1. The van der Waals surface area contributed by atoms with E-state index in [9.17, 15) is 0 Å². The molecular formula is C16H24ClN3O. The molecule has 0 radical (unpaired) electrons. The second kappa shape index (κ2) is 8.25. The van der Waals surface area contributed by atoms with Gasteiger partial charge in [0.05, 0.1) is 29.2 Å². The fourth-order valence-electron chi connectivity index (χ4n) is 2.50. The largest absolute Gasteiger partial charge is 0.469 e. The van der Waals surface area contributed by atoms with Crippen LogP contribution in [0.4, 0.5) is 0 Å². The van der Waals surface area contributed by atoms with E-state index in [2.05, 4.69) is 24.3 Å². The van der Waals surface area contributed by atoms with Crippen molar-refractivity contribution in [1.82, 2.24) is 15.1 Å². The lowest BCUT2D eigenvalue weighted by atomic mass is 10.1. The first-order valence-corrected chi connectivity index (χ1v) is 8.11. The Bertz CT molecular complexity index is 522. The van der Waals surface area contributed by atoms with Gasteiger partial charge >= 0.3 is 0 Å². The van der Waals surface area contributed by atoms with Crippen molar-refractivity contribution in [2.24, 2.45) is 0 Å². The van der Waals surface area contributed by atoms with Gasteiger partial charge in [-0.3, -0.25) is 4.68 Å². The molecule has 2 rings (SSSR count). The lowest BCUT2D eigenvalue weighted by molar-refractivity contribution is 0.425. The molecule has 5 heteroatoms. The Kier molecular flexibility index (Phi) is 6.33. The van der Waals surface area contributed by atoms with Crippen molar-refractivity contribution in [2.75, 3.05) is 6.54 Å². The molecule has 0 spiro atoms. The molecule has 2 aromatic heterocycles. The molecule has 4 nitrogen and oxygen atoms in total. The number of hydrogen-bond donors (Lipinski definition) is 1. The lowest BCUT2D eigenvalue weighted by Gasteiger charge is -2.20. The molecule has 2 aromatic rings. The number of aromatic nitrogens is 2. The fraction of sp³-hybridized carbons (Fsp3) is 0.562. The summed E-state index contributed by atoms with van der Waals surface area (Å²) in [6, 6.07) is 4.15. The van der Waals surface area contributed by atoms with E-state index in [1.165, 1.54) is 0 Å². The molecule has 0 bridgehead atoms. The maximum Gasteiger partial charge on any atom is 0.103 e. The number of rotatable bonds is 9. The number of hydrogen-bond acceptors (Lipinski definition) is 3. The van der Waals surface area contributed by atoms with E-state index in [1.807, 2.05) is 16.8 Å². The zero-order valence-corrected chi connectivity index (χ0v) is 13.6. The average molecular weight is 310 g/mol. The second-order valence-electron chi connectivity index (χ2n) is 5.23. The molecule has 21 heavy (non-hydrogen) atoms. The quantitative estimate of drug-likeness (QED) is 0.754. The molecule has 2 heterocycles. The number of furan rings is 1. The van der Waals surface area contributed by atoms with E-state index in [0.717, 1.165) is 55.2 Å². The van der Waals surface area contributed by atoms with E-state index >= 15 is 0 Å². The Morgan fingerprint density at radius 3 is 2.90 bits per heavy atom. The van der Waals surface area contributed by atoms with Crippen LogP contribution >= 0.6 is 11.6 Å². The van der Waals surface area contributed by atoms with Crippen LogP contribution in [0.25, 0.3) is 0 Å². The first-order chi connectivity index (χ1) is 10.3. The molecule has 116 valence electrons. The normalized spacial score (nSPS) is 12.7. The predicted molar refractivity (Wildman–Crippen MR) is 85.6 cm³/mol. The van der Waals surface area contributed by atoms with Crippen LogP contribution in [-0.4, -0.2) is 16.3 Å². The summed E-state index contributed by atoms with van der Waals surface area (Å²) in [5.74, 6) is 1.01. The molecule has 0 aliphatic carbocycles. The number of aryl methyl sites for hydroxylation is 2. The summed E-state index contributed by atoms with van der Waals surface area (Å²) >= 11 is 6.37. The first-order valence-electron chi connectivity index (χ1n) is 7.73. The molecule has 0 saturated carbocycles. The molecular weight excluding hydrogens is 286 g/mol. The maximum atomic E-state index is 6.37.